The molecule has 1 aromatic rings. The highest BCUT2D eigenvalue weighted by Gasteiger charge is 1.98. The summed E-state index contributed by atoms with van der Waals surface area (Å²) >= 11 is 0. The van der Waals surface area contributed by atoms with Gasteiger partial charge in [0.15, 0.2) is 6.61 Å². The highest BCUT2D eigenvalue weighted by Crippen LogP contribution is 1.98. The fraction of sp³-hybridized carbons (Fsp3) is 0.143. The van der Waals surface area contributed by atoms with Gasteiger partial charge in [0.25, 0.3) is 5.91 Å². The largest absolute Gasteiger partial charge is 0.309 e. The van der Waals surface area contributed by atoms with Crippen LogP contribution in [-0.2, 0) is 9.90 Å². The number of carbonyl (C=O) groups is 1. The molecule has 1 amide bonds. The van der Waals surface area contributed by atoms with E-state index in [1.54, 1.807) is 24.4 Å². The summed E-state index contributed by atoms with van der Waals surface area (Å²) in [5, 5.41) is 12.3. The number of hydrogen-bond acceptors (Lipinski definition) is 2. The van der Waals surface area contributed by atoms with E-state index < -0.39 is 12.5 Å². The number of anilines is 1. The average Bonchev–Trinajstić information content (AvgIpc) is 2.06. The molecule has 0 saturated heterocycles. The number of carbonyl (C=O) groups excluding carboxylic acids is 1. The van der Waals surface area contributed by atoms with Crippen LogP contribution in [0.2, 0.25) is 0 Å². The third-order valence-electron chi connectivity index (χ3n) is 1.06. The van der Waals surface area contributed by atoms with Crippen LogP contribution in [0.25, 0.3) is 0 Å². The number of nitrogens with zero attached hydrogens (tertiary/aromatic N) is 1. The molecule has 1 N–H and O–H groups in total. The molecule has 4 heteroatoms. The summed E-state index contributed by atoms with van der Waals surface area (Å²) < 4.78 is 0. The van der Waals surface area contributed by atoms with Crippen LogP contribution in [0.5, 0.6) is 0 Å². The highest BCUT2D eigenvalue weighted by molar-refractivity contribution is 5.90. The van der Waals surface area contributed by atoms with Crippen molar-refractivity contribution >= 4 is 11.7 Å². The summed E-state index contributed by atoms with van der Waals surface area (Å²) in [6, 6.07) is 5.08. The van der Waals surface area contributed by atoms with Crippen molar-refractivity contribution < 1.29 is 9.90 Å². The molecule has 0 aliphatic heterocycles. The smallest absolute Gasteiger partial charge is 0.254 e. The van der Waals surface area contributed by atoms with E-state index in [4.69, 9.17) is 0 Å². The topological polar surface area (TPSA) is 61.9 Å². The average molecular weight is 151 g/mol. The lowest BCUT2D eigenvalue weighted by Gasteiger charge is -1.98. The van der Waals surface area contributed by atoms with Gasteiger partial charge in [-0.1, -0.05) is 6.07 Å². The summed E-state index contributed by atoms with van der Waals surface area (Å²) in [4.78, 5) is 14.3. The Balaban J connectivity index is 2.58. The SMILES string of the molecule is [O]CC(=O)Nc1ccccn1. The zero-order chi connectivity index (χ0) is 8.10. The van der Waals surface area contributed by atoms with E-state index in [0.717, 1.165) is 0 Å². The first-order chi connectivity index (χ1) is 5.33. The van der Waals surface area contributed by atoms with E-state index in [1.807, 2.05) is 0 Å². The van der Waals surface area contributed by atoms with Crippen LogP contribution in [0.4, 0.5) is 5.82 Å². The van der Waals surface area contributed by atoms with E-state index in [1.165, 1.54) is 0 Å². The maximum atomic E-state index is 10.5. The van der Waals surface area contributed by atoms with Gasteiger partial charge in [-0.05, 0) is 12.1 Å². The molecule has 0 bridgehead atoms. The fourth-order valence-corrected chi connectivity index (χ4v) is 0.616. The molecular formula is C7H7N2O2. The Bertz CT molecular complexity index is 235. The van der Waals surface area contributed by atoms with E-state index in [9.17, 15) is 9.90 Å². The molecular weight excluding hydrogens is 144 g/mol. The van der Waals surface area contributed by atoms with Gasteiger partial charge in [0.1, 0.15) is 5.82 Å². The van der Waals surface area contributed by atoms with Crippen molar-refractivity contribution in [2.45, 2.75) is 0 Å². The third-order valence-corrected chi connectivity index (χ3v) is 1.06. The monoisotopic (exact) mass is 151 g/mol. The summed E-state index contributed by atoms with van der Waals surface area (Å²) in [5.41, 5.74) is 0. The second-order valence-corrected chi connectivity index (χ2v) is 1.91. The highest BCUT2D eigenvalue weighted by atomic mass is 16.3. The van der Waals surface area contributed by atoms with Crippen LogP contribution in [0.15, 0.2) is 24.4 Å². The van der Waals surface area contributed by atoms with Crippen molar-refractivity contribution in [3.8, 4) is 0 Å². The van der Waals surface area contributed by atoms with Crippen molar-refractivity contribution in [2.24, 2.45) is 0 Å². The standard InChI is InChI=1S/C7H7N2O2/c10-5-7(11)9-6-3-1-2-4-8-6/h1-4H,5H2,(H,8,9,11). The van der Waals surface area contributed by atoms with Gasteiger partial charge in [-0.2, -0.15) is 0 Å². The molecule has 0 aliphatic carbocycles. The Kier molecular flexibility index (Phi) is 2.57. The molecule has 11 heavy (non-hydrogen) atoms. The van der Waals surface area contributed by atoms with Crippen molar-refractivity contribution in [3.05, 3.63) is 24.4 Å². The van der Waals surface area contributed by atoms with E-state index in [2.05, 4.69) is 10.3 Å². The van der Waals surface area contributed by atoms with Gasteiger partial charge in [-0.15, -0.1) is 0 Å². The Morgan fingerprint density at radius 3 is 2.91 bits per heavy atom. The van der Waals surface area contributed by atoms with E-state index >= 15 is 0 Å². The Labute approximate surface area is 63.9 Å². The molecule has 0 aliphatic rings. The molecule has 1 heterocycles. The molecule has 1 radical (unpaired) electrons. The fourth-order valence-electron chi connectivity index (χ4n) is 0.616. The Morgan fingerprint density at radius 2 is 2.36 bits per heavy atom. The number of hydrogen-bond donors (Lipinski definition) is 1. The van der Waals surface area contributed by atoms with Crippen LogP contribution in [0, 0.1) is 0 Å². The lowest BCUT2D eigenvalue weighted by molar-refractivity contribution is -0.120. The molecule has 0 spiro atoms. The predicted octanol–water partition coefficient (Wildman–Crippen LogP) is 0.451. The molecule has 4 nitrogen and oxygen atoms in total. The summed E-state index contributed by atoms with van der Waals surface area (Å²) in [7, 11) is 0. The molecule has 1 aromatic heterocycles. The minimum absolute atomic E-state index is 0.411. The van der Waals surface area contributed by atoms with Crippen molar-refractivity contribution in [1.82, 2.24) is 4.98 Å². The molecule has 1 rings (SSSR count). The molecule has 57 valence electrons. The number of rotatable bonds is 2. The molecule has 0 atom stereocenters. The predicted molar refractivity (Wildman–Crippen MR) is 38.4 cm³/mol. The van der Waals surface area contributed by atoms with Crippen LogP contribution in [0.3, 0.4) is 0 Å². The minimum Gasteiger partial charge on any atom is -0.309 e. The molecule has 0 unspecified atom stereocenters. The van der Waals surface area contributed by atoms with Gasteiger partial charge in [-0.3, -0.25) is 4.79 Å². The zero-order valence-corrected chi connectivity index (χ0v) is 5.78. The van der Waals surface area contributed by atoms with Gasteiger partial charge < -0.3 is 5.32 Å². The Hall–Kier alpha value is -1.42. The van der Waals surface area contributed by atoms with Crippen molar-refractivity contribution in [3.63, 3.8) is 0 Å². The van der Waals surface area contributed by atoms with Gasteiger partial charge in [-0.25, -0.2) is 10.1 Å². The number of aromatic nitrogens is 1. The maximum absolute atomic E-state index is 10.5. The Morgan fingerprint density at radius 1 is 1.55 bits per heavy atom. The lowest BCUT2D eigenvalue weighted by Crippen LogP contribution is -2.15. The lowest BCUT2D eigenvalue weighted by atomic mass is 10.4. The first-order valence-electron chi connectivity index (χ1n) is 3.12. The first kappa shape index (κ1) is 7.68. The van der Waals surface area contributed by atoms with Crippen LogP contribution >= 0.6 is 0 Å². The van der Waals surface area contributed by atoms with E-state index in [0.29, 0.717) is 5.82 Å². The summed E-state index contributed by atoms with van der Waals surface area (Å²) in [6.45, 7) is -0.767. The third kappa shape index (κ3) is 2.35. The van der Waals surface area contributed by atoms with Gasteiger partial charge in [0.2, 0.25) is 0 Å². The zero-order valence-electron chi connectivity index (χ0n) is 5.78. The van der Waals surface area contributed by atoms with Crippen molar-refractivity contribution in [2.75, 3.05) is 11.9 Å². The summed E-state index contributed by atoms with van der Waals surface area (Å²) in [5.74, 6) is -0.156. The maximum Gasteiger partial charge on any atom is 0.254 e. The first-order valence-corrected chi connectivity index (χ1v) is 3.12. The van der Waals surface area contributed by atoms with Gasteiger partial charge in [0.05, 0.1) is 0 Å². The number of nitrogens with one attached hydrogen (secondary N) is 1. The van der Waals surface area contributed by atoms with E-state index in [-0.39, 0.29) is 0 Å². The quantitative estimate of drug-likeness (QED) is 0.667. The minimum atomic E-state index is -0.767. The van der Waals surface area contributed by atoms with Crippen LogP contribution in [0.1, 0.15) is 0 Å². The van der Waals surface area contributed by atoms with Gasteiger partial charge in [0, 0.05) is 6.20 Å². The van der Waals surface area contributed by atoms with Crippen LogP contribution in [-0.4, -0.2) is 17.5 Å². The summed E-state index contributed by atoms with van der Waals surface area (Å²) in [6.07, 6.45) is 1.54. The normalized spacial score (nSPS) is 9.18. The second-order valence-electron chi connectivity index (χ2n) is 1.91. The van der Waals surface area contributed by atoms with Crippen molar-refractivity contribution in [1.29, 1.82) is 0 Å². The molecule has 0 fully saturated rings. The second kappa shape index (κ2) is 3.68. The number of amides is 1. The molecule has 0 saturated carbocycles. The van der Waals surface area contributed by atoms with Gasteiger partial charge >= 0.3 is 0 Å². The molecule has 0 aromatic carbocycles. The number of pyridine rings is 1. The van der Waals surface area contributed by atoms with Crippen LogP contribution < -0.4 is 5.32 Å².